The molecule has 0 aliphatic carbocycles. The molecule has 0 bridgehead atoms. The maximum atomic E-state index is 12.7. The number of rotatable bonds is 4. The summed E-state index contributed by atoms with van der Waals surface area (Å²) in [6, 6.07) is 12.5. The van der Waals surface area contributed by atoms with Crippen molar-refractivity contribution in [3.63, 3.8) is 0 Å². The van der Waals surface area contributed by atoms with E-state index in [1.165, 1.54) is 0 Å². The van der Waals surface area contributed by atoms with Crippen molar-refractivity contribution in [1.29, 1.82) is 0 Å². The van der Waals surface area contributed by atoms with E-state index in [2.05, 4.69) is 5.32 Å². The first-order valence-corrected chi connectivity index (χ1v) is 12.7. The van der Waals surface area contributed by atoms with E-state index in [-0.39, 0.29) is 23.5 Å². The normalized spacial score (nSPS) is 19.6. The third-order valence-electron chi connectivity index (χ3n) is 6.34. The Hall–Kier alpha value is -3.43. The number of carbonyl (C=O) groups excluding carboxylic acids is 1. The van der Waals surface area contributed by atoms with Crippen LogP contribution in [0.15, 0.2) is 56.1 Å². The number of hydrogen-bond acceptors (Lipinski definition) is 7. The van der Waals surface area contributed by atoms with Gasteiger partial charge in [0.25, 0.3) is 0 Å². The Labute approximate surface area is 195 Å². The number of fused-ring (bicyclic) bond motifs is 2. The molecule has 2 aromatic heterocycles. The van der Waals surface area contributed by atoms with Crippen LogP contribution in [-0.4, -0.2) is 43.1 Å². The first-order valence-electron chi connectivity index (χ1n) is 10.9. The third kappa shape index (κ3) is 3.91. The minimum absolute atomic E-state index is 0.182. The Morgan fingerprint density at radius 3 is 2.44 bits per heavy atom. The van der Waals surface area contributed by atoms with Gasteiger partial charge in [-0.1, -0.05) is 30.3 Å². The summed E-state index contributed by atoms with van der Waals surface area (Å²) in [5.41, 5.74) is 3.02. The number of nitrogens with one attached hydrogen (secondary N) is 1. The van der Waals surface area contributed by atoms with Crippen LogP contribution in [0, 0.1) is 13.8 Å². The fourth-order valence-corrected chi connectivity index (χ4v) is 6.40. The number of amides is 1. The molecule has 2 atom stereocenters. The lowest BCUT2D eigenvalue weighted by Crippen LogP contribution is -2.43. The zero-order valence-corrected chi connectivity index (χ0v) is 19.4. The number of aryl methyl sites for hydroxylation is 2. The highest BCUT2D eigenvalue weighted by molar-refractivity contribution is 7.91. The summed E-state index contributed by atoms with van der Waals surface area (Å²) in [4.78, 5) is 25.3. The molecule has 8 nitrogen and oxygen atoms in total. The maximum absolute atomic E-state index is 12.7. The predicted molar refractivity (Wildman–Crippen MR) is 127 cm³/mol. The third-order valence-corrected chi connectivity index (χ3v) is 8.06. The standard InChI is InChI=1S/C25H23NO7S/c1-13-16-8-18-22(32-14(2)24(18)15-6-4-3-5-7-15)10-21(16)33-25(29)17(13)9-23(28)26-19-11-34(30,31)12-20(19)27/h3-8,10,19-20,27H,9,11-12H2,1-2H3,(H,26,28). The topological polar surface area (TPSA) is 127 Å². The molecular formula is C25H23NO7S. The van der Waals surface area contributed by atoms with Crippen LogP contribution in [-0.2, 0) is 21.1 Å². The molecule has 1 fully saturated rings. The number of carbonyl (C=O) groups is 1. The van der Waals surface area contributed by atoms with Gasteiger partial charge in [-0.05, 0) is 31.0 Å². The van der Waals surface area contributed by atoms with Crippen molar-refractivity contribution in [2.75, 3.05) is 11.5 Å². The highest BCUT2D eigenvalue weighted by atomic mass is 32.2. The molecule has 2 aromatic carbocycles. The van der Waals surface area contributed by atoms with E-state index < -0.39 is 33.5 Å². The number of benzene rings is 2. The second-order valence-electron chi connectivity index (χ2n) is 8.73. The molecule has 4 aromatic rings. The quantitative estimate of drug-likeness (QED) is 0.429. The van der Waals surface area contributed by atoms with E-state index in [9.17, 15) is 23.1 Å². The highest BCUT2D eigenvalue weighted by Crippen LogP contribution is 2.37. The van der Waals surface area contributed by atoms with Crippen LogP contribution in [0.25, 0.3) is 33.1 Å². The number of hydrogen-bond donors (Lipinski definition) is 2. The fraction of sp³-hybridized carbons (Fsp3) is 0.280. The number of aliphatic hydroxyl groups excluding tert-OH is 1. The van der Waals surface area contributed by atoms with Crippen molar-refractivity contribution >= 4 is 37.7 Å². The molecule has 34 heavy (non-hydrogen) atoms. The summed E-state index contributed by atoms with van der Waals surface area (Å²) in [7, 11) is -3.41. The molecular weight excluding hydrogens is 458 g/mol. The maximum Gasteiger partial charge on any atom is 0.340 e. The molecule has 1 aliphatic heterocycles. The van der Waals surface area contributed by atoms with Crippen molar-refractivity contribution in [2.24, 2.45) is 0 Å². The van der Waals surface area contributed by atoms with Crippen LogP contribution < -0.4 is 10.9 Å². The average molecular weight is 482 g/mol. The van der Waals surface area contributed by atoms with Crippen LogP contribution in [0.4, 0.5) is 0 Å². The molecule has 1 aliphatic rings. The summed E-state index contributed by atoms with van der Waals surface area (Å²) in [5, 5.41) is 14.0. The molecule has 1 amide bonds. The van der Waals surface area contributed by atoms with Crippen molar-refractivity contribution < 1.29 is 27.2 Å². The average Bonchev–Trinajstić information content (AvgIpc) is 3.23. The summed E-state index contributed by atoms with van der Waals surface area (Å²) >= 11 is 0. The van der Waals surface area contributed by atoms with Gasteiger partial charge in [0.2, 0.25) is 5.91 Å². The number of aliphatic hydroxyl groups is 1. The zero-order chi connectivity index (χ0) is 24.2. The van der Waals surface area contributed by atoms with E-state index in [4.69, 9.17) is 8.83 Å². The van der Waals surface area contributed by atoms with Crippen LogP contribution in [0.2, 0.25) is 0 Å². The molecule has 0 saturated carbocycles. The molecule has 176 valence electrons. The van der Waals surface area contributed by atoms with E-state index in [1.807, 2.05) is 43.3 Å². The second-order valence-corrected chi connectivity index (χ2v) is 10.9. The highest BCUT2D eigenvalue weighted by Gasteiger charge is 2.37. The van der Waals surface area contributed by atoms with Gasteiger partial charge in [0.1, 0.15) is 16.9 Å². The molecule has 1 saturated heterocycles. The van der Waals surface area contributed by atoms with Crippen molar-refractivity contribution in [3.05, 3.63) is 69.8 Å². The second kappa shape index (κ2) is 8.11. The van der Waals surface area contributed by atoms with Gasteiger partial charge < -0.3 is 19.3 Å². The van der Waals surface area contributed by atoms with Gasteiger partial charge in [-0.2, -0.15) is 0 Å². The summed E-state index contributed by atoms with van der Waals surface area (Å²) in [6.07, 6.45) is -1.46. The van der Waals surface area contributed by atoms with E-state index in [0.717, 1.165) is 22.3 Å². The minimum Gasteiger partial charge on any atom is -0.461 e. The van der Waals surface area contributed by atoms with Gasteiger partial charge in [-0.15, -0.1) is 0 Å². The van der Waals surface area contributed by atoms with Crippen molar-refractivity contribution in [1.82, 2.24) is 5.32 Å². The molecule has 0 spiro atoms. The van der Waals surface area contributed by atoms with Crippen LogP contribution >= 0.6 is 0 Å². The smallest absolute Gasteiger partial charge is 0.340 e. The lowest BCUT2D eigenvalue weighted by molar-refractivity contribution is -0.121. The first kappa shape index (κ1) is 22.4. The number of furan rings is 1. The number of sulfone groups is 1. The predicted octanol–water partition coefficient (Wildman–Crippen LogP) is 2.64. The van der Waals surface area contributed by atoms with Gasteiger partial charge in [0.15, 0.2) is 9.84 Å². The van der Waals surface area contributed by atoms with Gasteiger partial charge in [0, 0.05) is 22.4 Å². The molecule has 2 unspecified atom stereocenters. The summed E-state index contributed by atoms with van der Waals surface area (Å²) in [5.74, 6) is -0.535. The van der Waals surface area contributed by atoms with Gasteiger partial charge >= 0.3 is 5.63 Å². The largest absolute Gasteiger partial charge is 0.461 e. The van der Waals surface area contributed by atoms with Crippen molar-refractivity contribution in [2.45, 2.75) is 32.4 Å². The zero-order valence-electron chi connectivity index (χ0n) is 18.6. The Balaban J connectivity index is 1.54. The van der Waals surface area contributed by atoms with Crippen LogP contribution in [0.1, 0.15) is 16.9 Å². The van der Waals surface area contributed by atoms with Gasteiger partial charge in [-0.25, -0.2) is 13.2 Å². The fourth-order valence-electron chi connectivity index (χ4n) is 4.65. The van der Waals surface area contributed by atoms with E-state index in [1.54, 1.807) is 13.0 Å². The van der Waals surface area contributed by atoms with Gasteiger partial charge in [0.05, 0.1) is 35.6 Å². The lowest BCUT2D eigenvalue weighted by atomic mass is 9.98. The first-order chi connectivity index (χ1) is 16.1. The summed E-state index contributed by atoms with van der Waals surface area (Å²) in [6.45, 7) is 3.63. The molecule has 3 heterocycles. The SMILES string of the molecule is Cc1oc2cc3oc(=O)c(CC(=O)NC4CS(=O)(=O)CC4O)c(C)c3cc2c1-c1ccccc1. The van der Waals surface area contributed by atoms with E-state index >= 15 is 0 Å². The van der Waals surface area contributed by atoms with Gasteiger partial charge in [-0.3, -0.25) is 4.79 Å². The Bertz CT molecular complexity index is 1600. The van der Waals surface area contributed by atoms with Crippen LogP contribution in [0.3, 0.4) is 0 Å². The van der Waals surface area contributed by atoms with Crippen LogP contribution in [0.5, 0.6) is 0 Å². The molecule has 9 heteroatoms. The Morgan fingerprint density at radius 1 is 1.06 bits per heavy atom. The molecule has 5 rings (SSSR count). The molecule has 2 N–H and O–H groups in total. The van der Waals surface area contributed by atoms with Crippen molar-refractivity contribution in [3.8, 4) is 11.1 Å². The lowest BCUT2D eigenvalue weighted by Gasteiger charge is -2.15. The Morgan fingerprint density at radius 2 is 1.76 bits per heavy atom. The molecule has 0 radical (unpaired) electrons. The van der Waals surface area contributed by atoms with E-state index in [0.29, 0.717) is 22.1 Å². The summed E-state index contributed by atoms with van der Waals surface area (Å²) < 4.78 is 34.9. The minimum atomic E-state index is -3.41. The monoisotopic (exact) mass is 481 g/mol. The Kier molecular flexibility index (Phi) is 5.33.